The summed E-state index contributed by atoms with van der Waals surface area (Å²) < 4.78 is 17.3. The van der Waals surface area contributed by atoms with E-state index in [2.05, 4.69) is 4.98 Å². The number of ether oxygens (including phenoxy) is 3. The van der Waals surface area contributed by atoms with E-state index in [1.807, 2.05) is 49.4 Å². The smallest absolute Gasteiger partial charge is 0.248 e. The summed E-state index contributed by atoms with van der Waals surface area (Å²) >= 11 is 0. The zero-order chi connectivity index (χ0) is 20.4. The van der Waals surface area contributed by atoms with Gasteiger partial charge in [0.2, 0.25) is 5.56 Å². The lowest BCUT2D eigenvalue weighted by Gasteiger charge is -2.40. The molecule has 3 atom stereocenters. The summed E-state index contributed by atoms with van der Waals surface area (Å²) in [5.41, 5.74) is 1.76. The number of hydrogen-bond donors (Lipinski definition) is 2. The van der Waals surface area contributed by atoms with Crippen molar-refractivity contribution in [1.82, 2.24) is 4.98 Å². The van der Waals surface area contributed by atoms with Crippen molar-refractivity contribution in [3.05, 3.63) is 76.1 Å². The molecule has 1 saturated heterocycles. The molecule has 1 aliphatic rings. The Morgan fingerprint density at radius 2 is 2.07 bits per heavy atom. The van der Waals surface area contributed by atoms with Crippen molar-refractivity contribution in [2.24, 2.45) is 0 Å². The van der Waals surface area contributed by atoms with Gasteiger partial charge in [0.25, 0.3) is 0 Å². The molecule has 0 saturated carbocycles. The minimum Gasteiger partial charge on any atom is -0.486 e. The molecule has 1 aromatic heterocycles. The molecule has 152 valence electrons. The van der Waals surface area contributed by atoms with Gasteiger partial charge in [-0.15, -0.1) is 0 Å². The molecule has 6 nitrogen and oxygen atoms in total. The summed E-state index contributed by atoms with van der Waals surface area (Å²) in [6.07, 6.45) is -0.358. The van der Waals surface area contributed by atoms with Gasteiger partial charge in [-0.2, -0.15) is 0 Å². The van der Waals surface area contributed by atoms with Gasteiger partial charge in [-0.25, -0.2) is 0 Å². The average molecular weight is 395 g/mol. The van der Waals surface area contributed by atoms with Crippen molar-refractivity contribution in [3.63, 3.8) is 0 Å². The third kappa shape index (κ3) is 3.79. The van der Waals surface area contributed by atoms with Gasteiger partial charge in [-0.05, 0) is 53.8 Å². The maximum atomic E-state index is 11.5. The van der Waals surface area contributed by atoms with Crippen LogP contribution < -0.4 is 10.3 Å². The van der Waals surface area contributed by atoms with E-state index in [1.54, 1.807) is 13.2 Å². The fourth-order valence-electron chi connectivity index (χ4n) is 3.94. The van der Waals surface area contributed by atoms with Crippen molar-refractivity contribution in [2.45, 2.75) is 31.2 Å². The average Bonchev–Trinajstić information content (AvgIpc) is 2.74. The fraction of sp³-hybridized carbons (Fsp3) is 0.348. The third-order valence-corrected chi connectivity index (χ3v) is 5.65. The third-order valence-electron chi connectivity index (χ3n) is 5.65. The van der Waals surface area contributed by atoms with Crippen molar-refractivity contribution in [3.8, 4) is 5.75 Å². The first kappa shape index (κ1) is 19.6. The summed E-state index contributed by atoms with van der Waals surface area (Å²) in [5.74, 6) is 0.701. The first-order valence-electron chi connectivity index (χ1n) is 9.73. The zero-order valence-corrected chi connectivity index (χ0v) is 16.6. The Balaban J connectivity index is 1.59. The number of rotatable bonds is 5. The van der Waals surface area contributed by atoms with Gasteiger partial charge in [-0.1, -0.05) is 18.2 Å². The predicted molar refractivity (Wildman–Crippen MR) is 110 cm³/mol. The second-order valence-corrected chi connectivity index (χ2v) is 7.39. The van der Waals surface area contributed by atoms with Crippen LogP contribution in [0, 0.1) is 0 Å². The summed E-state index contributed by atoms with van der Waals surface area (Å²) in [6, 6.07) is 16.9. The maximum Gasteiger partial charge on any atom is 0.248 e. The Labute approximate surface area is 169 Å². The van der Waals surface area contributed by atoms with E-state index >= 15 is 0 Å². The maximum absolute atomic E-state index is 11.5. The van der Waals surface area contributed by atoms with Crippen LogP contribution in [0.2, 0.25) is 0 Å². The van der Waals surface area contributed by atoms with Gasteiger partial charge in [0, 0.05) is 31.7 Å². The molecule has 1 fully saturated rings. The highest BCUT2D eigenvalue weighted by Gasteiger charge is 2.42. The number of methoxy groups -OCH3 is 1. The molecule has 4 rings (SSSR count). The number of nitrogens with one attached hydrogen (secondary N) is 1. The Bertz CT molecular complexity index is 1060. The summed E-state index contributed by atoms with van der Waals surface area (Å²) in [5, 5.41) is 11.5. The molecule has 2 N–H and O–H groups in total. The quantitative estimate of drug-likeness (QED) is 0.693. The van der Waals surface area contributed by atoms with Crippen LogP contribution in [0.25, 0.3) is 10.9 Å². The summed E-state index contributed by atoms with van der Waals surface area (Å²) in [6.45, 7) is 2.76. The van der Waals surface area contributed by atoms with Gasteiger partial charge < -0.3 is 24.3 Å². The molecule has 2 heterocycles. The van der Waals surface area contributed by atoms with Crippen molar-refractivity contribution in [2.75, 3.05) is 20.3 Å². The van der Waals surface area contributed by atoms with Gasteiger partial charge >= 0.3 is 0 Å². The van der Waals surface area contributed by atoms with E-state index < -0.39 is 11.7 Å². The Hall–Kier alpha value is -2.67. The number of aliphatic hydroxyl groups excluding tert-OH is 1. The van der Waals surface area contributed by atoms with Crippen LogP contribution in [0.1, 0.15) is 30.6 Å². The van der Waals surface area contributed by atoms with E-state index in [0.717, 1.165) is 22.0 Å². The number of fused-ring (bicyclic) bond motifs is 1. The molecule has 0 bridgehead atoms. The lowest BCUT2D eigenvalue weighted by atomic mass is 9.84. The van der Waals surface area contributed by atoms with Crippen LogP contribution in [0.3, 0.4) is 0 Å². The number of benzene rings is 2. The van der Waals surface area contributed by atoms with Gasteiger partial charge in [0.1, 0.15) is 23.6 Å². The number of H-pyrrole nitrogens is 1. The van der Waals surface area contributed by atoms with Crippen LogP contribution in [-0.2, 0) is 15.1 Å². The van der Waals surface area contributed by atoms with Gasteiger partial charge in [-0.3, -0.25) is 4.79 Å². The minimum atomic E-state index is -0.796. The number of aromatic amines is 1. The van der Waals surface area contributed by atoms with E-state index in [9.17, 15) is 9.90 Å². The first-order chi connectivity index (χ1) is 14.0. The highest BCUT2D eigenvalue weighted by Crippen LogP contribution is 2.37. The molecule has 29 heavy (non-hydrogen) atoms. The molecule has 3 aromatic rings. The predicted octanol–water partition coefficient (Wildman–Crippen LogP) is 3.29. The highest BCUT2D eigenvalue weighted by atomic mass is 16.5. The Morgan fingerprint density at radius 3 is 2.86 bits per heavy atom. The molecule has 2 aromatic carbocycles. The largest absolute Gasteiger partial charge is 0.486 e. The van der Waals surface area contributed by atoms with E-state index in [1.165, 1.54) is 6.07 Å². The Kier molecular flexibility index (Phi) is 5.41. The fourth-order valence-corrected chi connectivity index (χ4v) is 3.94. The minimum absolute atomic E-state index is 0.117. The molecule has 0 spiro atoms. The lowest BCUT2D eigenvalue weighted by molar-refractivity contribution is -0.175. The van der Waals surface area contributed by atoms with Gasteiger partial charge in [0.15, 0.2) is 0 Å². The molecule has 6 heteroatoms. The van der Waals surface area contributed by atoms with Crippen LogP contribution in [0.5, 0.6) is 5.75 Å². The molecule has 3 unspecified atom stereocenters. The number of pyridine rings is 1. The van der Waals surface area contributed by atoms with E-state index in [-0.39, 0.29) is 18.3 Å². The Morgan fingerprint density at radius 1 is 1.21 bits per heavy atom. The zero-order valence-electron chi connectivity index (χ0n) is 16.6. The van der Waals surface area contributed by atoms with Gasteiger partial charge in [0.05, 0.1) is 6.61 Å². The summed E-state index contributed by atoms with van der Waals surface area (Å²) in [4.78, 5) is 14.3. The van der Waals surface area contributed by atoms with Crippen LogP contribution >= 0.6 is 0 Å². The molecule has 1 aliphatic heterocycles. The molecule has 0 aliphatic carbocycles. The number of hydrogen-bond acceptors (Lipinski definition) is 5. The second-order valence-electron chi connectivity index (χ2n) is 7.39. The van der Waals surface area contributed by atoms with Crippen LogP contribution in [0.4, 0.5) is 0 Å². The molecular formula is C23H25NO5. The van der Waals surface area contributed by atoms with E-state index in [4.69, 9.17) is 14.2 Å². The van der Waals surface area contributed by atoms with Crippen molar-refractivity contribution in [1.29, 1.82) is 0 Å². The molecule has 0 radical (unpaired) electrons. The highest BCUT2D eigenvalue weighted by molar-refractivity contribution is 5.79. The second kappa shape index (κ2) is 7.99. The first-order valence-corrected chi connectivity index (χ1v) is 9.73. The van der Waals surface area contributed by atoms with Crippen LogP contribution in [-0.4, -0.2) is 36.5 Å². The molecular weight excluding hydrogens is 370 g/mol. The van der Waals surface area contributed by atoms with E-state index in [0.29, 0.717) is 18.8 Å². The normalized spacial score (nSPS) is 23.1. The van der Waals surface area contributed by atoms with Crippen molar-refractivity contribution >= 4 is 10.9 Å². The topological polar surface area (TPSA) is 80.8 Å². The lowest BCUT2D eigenvalue weighted by Crippen LogP contribution is -2.48. The number of aromatic nitrogens is 1. The standard InChI is InChI=1S/C23H25NO5/c1-15(16-6-8-20-17(12-16)7-9-22(26)24-20)29-19-5-3-4-18(13-19)23(27-2)10-11-28-14-21(23)25/h3-9,12-13,15,21,25H,10-11,14H2,1-2H3,(H,24,26). The summed E-state index contributed by atoms with van der Waals surface area (Å²) in [7, 11) is 1.62. The monoisotopic (exact) mass is 395 g/mol. The molecule has 0 amide bonds. The number of aliphatic hydroxyl groups is 1. The van der Waals surface area contributed by atoms with Crippen molar-refractivity contribution < 1.29 is 19.3 Å². The SMILES string of the molecule is COC1(c2cccc(OC(C)c3ccc4[nH]c(=O)ccc4c3)c2)CCOCC1O. The van der Waals surface area contributed by atoms with Crippen LogP contribution in [0.15, 0.2) is 59.4 Å².